The second kappa shape index (κ2) is 3.82. The monoisotopic (exact) mass is 165 g/mol. The molecular formula is C8H9N2O2. The van der Waals surface area contributed by atoms with E-state index in [1.165, 1.54) is 13.1 Å². The van der Waals surface area contributed by atoms with E-state index in [0.29, 0.717) is 11.4 Å². The topological polar surface area (TPSA) is 61.9 Å². The van der Waals surface area contributed by atoms with Crippen molar-refractivity contribution in [3.63, 3.8) is 0 Å². The number of amides is 1. The van der Waals surface area contributed by atoms with Crippen LogP contribution in [0.25, 0.3) is 0 Å². The fourth-order valence-electron chi connectivity index (χ4n) is 0.838. The Labute approximate surface area is 70.3 Å². The van der Waals surface area contributed by atoms with Gasteiger partial charge in [-0.2, -0.15) is 0 Å². The van der Waals surface area contributed by atoms with E-state index >= 15 is 0 Å². The van der Waals surface area contributed by atoms with E-state index in [1.54, 1.807) is 12.1 Å². The summed E-state index contributed by atoms with van der Waals surface area (Å²) >= 11 is 0. The molecule has 1 aromatic rings. The van der Waals surface area contributed by atoms with Crippen LogP contribution in [0.1, 0.15) is 12.6 Å². The third-order valence-corrected chi connectivity index (χ3v) is 1.28. The first-order valence-electron chi connectivity index (χ1n) is 3.53. The molecule has 4 heteroatoms. The van der Waals surface area contributed by atoms with Crippen LogP contribution >= 0.6 is 0 Å². The van der Waals surface area contributed by atoms with Crippen molar-refractivity contribution in [3.05, 3.63) is 24.0 Å². The highest BCUT2D eigenvalue weighted by Gasteiger charge is 1.97. The van der Waals surface area contributed by atoms with E-state index in [1.807, 2.05) is 0 Å². The zero-order chi connectivity index (χ0) is 8.97. The lowest BCUT2D eigenvalue weighted by Crippen LogP contribution is -2.06. The highest BCUT2D eigenvalue weighted by atomic mass is 16.3. The van der Waals surface area contributed by atoms with Crippen LogP contribution < -0.4 is 5.32 Å². The SMILES string of the molecule is CC(=O)Nc1ccnc(C[O])c1. The molecule has 12 heavy (non-hydrogen) atoms. The van der Waals surface area contributed by atoms with E-state index < -0.39 is 0 Å². The molecule has 0 atom stereocenters. The molecule has 1 amide bonds. The third kappa shape index (κ3) is 2.32. The van der Waals surface area contributed by atoms with Gasteiger partial charge in [0, 0.05) is 18.8 Å². The van der Waals surface area contributed by atoms with Crippen LogP contribution in [0.5, 0.6) is 0 Å². The van der Waals surface area contributed by atoms with Gasteiger partial charge in [-0.15, -0.1) is 0 Å². The first-order chi connectivity index (χ1) is 5.72. The predicted octanol–water partition coefficient (Wildman–Crippen LogP) is 0.970. The molecule has 1 heterocycles. The van der Waals surface area contributed by atoms with Crippen molar-refractivity contribution in [2.75, 3.05) is 5.32 Å². The van der Waals surface area contributed by atoms with Crippen molar-refractivity contribution in [2.45, 2.75) is 13.5 Å². The quantitative estimate of drug-likeness (QED) is 0.709. The molecule has 4 nitrogen and oxygen atoms in total. The lowest BCUT2D eigenvalue weighted by molar-refractivity contribution is -0.114. The molecule has 0 aliphatic heterocycles. The first-order valence-corrected chi connectivity index (χ1v) is 3.53. The number of carbonyl (C=O) groups excluding carboxylic acids is 1. The Morgan fingerprint density at radius 2 is 2.42 bits per heavy atom. The summed E-state index contributed by atoms with van der Waals surface area (Å²) in [5, 5.41) is 13.0. The van der Waals surface area contributed by atoms with Crippen molar-refractivity contribution in [2.24, 2.45) is 0 Å². The molecule has 1 rings (SSSR count). The average Bonchev–Trinajstić information content (AvgIpc) is 2.03. The molecule has 0 aliphatic rings. The van der Waals surface area contributed by atoms with Crippen LogP contribution in [0.15, 0.2) is 18.3 Å². The summed E-state index contributed by atoms with van der Waals surface area (Å²) < 4.78 is 0. The van der Waals surface area contributed by atoms with Gasteiger partial charge in [-0.3, -0.25) is 9.78 Å². The van der Waals surface area contributed by atoms with Gasteiger partial charge < -0.3 is 5.32 Å². The fourth-order valence-corrected chi connectivity index (χ4v) is 0.838. The Morgan fingerprint density at radius 1 is 1.67 bits per heavy atom. The maximum absolute atomic E-state index is 10.6. The molecule has 0 bridgehead atoms. The average molecular weight is 165 g/mol. The number of hydrogen-bond acceptors (Lipinski definition) is 2. The van der Waals surface area contributed by atoms with Crippen molar-refractivity contribution < 1.29 is 9.90 Å². The highest BCUT2D eigenvalue weighted by molar-refractivity contribution is 5.88. The molecule has 0 saturated heterocycles. The van der Waals surface area contributed by atoms with Gasteiger partial charge in [0.15, 0.2) is 0 Å². The molecule has 0 unspecified atom stereocenters. The van der Waals surface area contributed by atoms with E-state index in [0.717, 1.165) is 0 Å². The zero-order valence-corrected chi connectivity index (χ0v) is 6.70. The van der Waals surface area contributed by atoms with Crippen molar-refractivity contribution in [3.8, 4) is 0 Å². The molecule has 1 N–H and O–H groups in total. The number of nitrogens with one attached hydrogen (secondary N) is 1. The number of aromatic nitrogens is 1. The maximum atomic E-state index is 10.6. The predicted molar refractivity (Wildman–Crippen MR) is 42.9 cm³/mol. The fraction of sp³-hybridized carbons (Fsp3) is 0.250. The van der Waals surface area contributed by atoms with Gasteiger partial charge in [-0.1, -0.05) is 0 Å². The molecule has 1 aromatic heterocycles. The summed E-state index contributed by atoms with van der Waals surface area (Å²) in [5.41, 5.74) is 1.05. The van der Waals surface area contributed by atoms with Crippen molar-refractivity contribution >= 4 is 11.6 Å². The normalized spacial score (nSPS) is 9.50. The van der Waals surface area contributed by atoms with Gasteiger partial charge in [0.1, 0.15) is 6.61 Å². The van der Waals surface area contributed by atoms with E-state index in [2.05, 4.69) is 10.3 Å². The Bertz CT molecular complexity index is 286. The zero-order valence-electron chi connectivity index (χ0n) is 6.70. The molecule has 63 valence electrons. The van der Waals surface area contributed by atoms with Gasteiger partial charge in [0.05, 0.1) is 5.69 Å². The second-order valence-corrected chi connectivity index (χ2v) is 2.36. The Balaban J connectivity index is 2.79. The van der Waals surface area contributed by atoms with E-state index in [9.17, 15) is 9.90 Å². The minimum Gasteiger partial charge on any atom is -0.326 e. The number of hydrogen-bond donors (Lipinski definition) is 1. The van der Waals surface area contributed by atoms with Gasteiger partial charge in [0.2, 0.25) is 5.91 Å². The molecule has 0 fully saturated rings. The summed E-state index contributed by atoms with van der Waals surface area (Å²) in [6.45, 7) is 1.05. The van der Waals surface area contributed by atoms with Crippen LogP contribution in [0.3, 0.4) is 0 Å². The smallest absolute Gasteiger partial charge is 0.221 e. The molecule has 0 aromatic carbocycles. The van der Waals surface area contributed by atoms with Crippen LogP contribution in [0.2, 0.25) is 0 Å². The number of carbonyl (C=O) groups is 1. The number of anilines is 1. The minimum absolute atomic E-state index is 0.155. The van der Waals surface area contributed by atoms with Gasteiger partial charge in [-0.25, -0.2) is 5.11 Å². The van der Waals surface area contributed by atoms with E-state index in [4.69, 9.17) is 0 Å². The molecule has 0 aliphatic carbocycles. The Kier molecular flexibility index (Phi) is 2.76. The van der Waals surface area contributed by atoms with E-state index in [-0.39, 0.29) is 12.5 Å². The van der Waals surface area contributed by atoms with Crippen LogP contribution in [-0.4, -0.2) is 10.9 Å². The Morgan fingerprint density at radius 3 is 3.00 bits per heavy atom. The highest BCUT2D eigenvalue weighted by Crippen LogP contribution is 2.07. The summed E-state index contributed by atoms with van der Waals surface area (Å²) in [6.07, 6.45) is 1.50. The summed E-state index contributed by atoms with van der Waals surface area (Å²) in [5.74, 6) is -0.155. The molecule has 1 radical (unpaired) electrons. The lowest BCUT2D eigenvalue weighted by atomic mass is 10.3. The third-order valence-electron chi connectivity index (χ3n) is 1.28. The molecule has 0 saturated carbocycles. The Hall–Kier alpha value is -1.42. The lowest BCUT2D eigenvalue weighted by Gasteiger charge is -2.01. The minimum atomic E-state index is -0.368. The summed E-state index contributed by atoms with van der Waals surface area (Å²) in [7, 11) is 0. The summed E-state index contributed by atoms with van der Waals surface area (Å²) in [6, 6.07) is 3.20. The van der Waals surface area contributed by atoms with Gasteiger partial charge in [-0.05, 0) is 12.1 Å². The standard InChI is InChI=1S/C8H9N2O2/c1-6(12)10-7-2-3-9-8(4-7)5-11/h2-4H,5H2,1H3,(H,9,10,12). The number of nitrogens with zero attached hydrogens (tertiary/aromatic N) is 1. The van der Waals surface area contributed by atoms with Crippen molar-refractivity contribution in [1.82, 2.24) is 4.98 Å². The van der Waals surface area contributed by atoms with Crippen LogP contribution in [-0.2, 0) is 16.5 Å². The van der Waals surface area contributed by atoms with Crippen LogP contribution in [0.4, 0.5) is 5.69 Å². The maximum Gasteiger partial charge on any atom is 0.221 e. The second-order valence-electron chi connectivity index (χ2n) is 2.36. The number of pyridine rings is 1. The first kappa shape index (κ1) is 8.67. The van der Waals surface area contributed by atoms with Gasteiger partial charge >= 0.3 is 0 Å². The van der Waals surface area contributed by atoms with Gasteiger partial charge in [0.25, 0.3) is 0 Å². The molecular weight excluding hydrogens is 156 g/mol. The van der Waals surface area contributed by atoms with Crippen molar-refractivity contribution in [1.29, 1.82) is 0 Å². The summed E-state index contributed by atoms with van der Waals surface area (Å²) in [4.78, 5) is 14.4. The molecule has 0 spiro atoms. The van der Waals surface area contributed by atoms with Crippen LogP contribution in [0, 0.1) is 0 Å². The largest absolute Gasteiger partial charge is 0.326 e. The number of rotatable bonds is 2.